The second-order valence-corrected chi connectivity index (χ2v) is 9.54. The molecular weight excluding hydrogens is 416 g/mol. The number of hydrogen-bond donors (Lipinski definition) is 1. The lowest BCUT2D eigenvalue weighted by Crippen LogP contribution is -2.27. The zero-order valence-corrected chi connectivity index (χ0v) is 19.4. The average Bonchev–Trinajstić information content (AvgIpc) is 3.13. The second-order valence-electron chi connectivity index (χ2n) is 9.54. The Balaban J connectivity index is 1.36. The molecule has 0 spiro atoms. The summed E-state index contributed by atoms with van der Waals surface area (Å²) in [5, 5.41) is 12.0. The molecule has 0 bridgehead atoms. The van der Waals surface area contributed by atoms with Gasteiger partial charge < -0.3 is 14.8 Å². The molecule has 1 N–H and O–H groups in total. The Hall–Kier alpha value is -3.33. The number of fused-ring (bicyclic) bond motifs is 4. The lowest BCUT2D eigenvalue weighted by Gasteiger charge is -2.24. The molecule has 33 heavy (non-hydrogen) atoms. The summed E-state index contributed by atoms with van der Waals surface area (Å²) in [6, 6.07) is 8.49. The topological polar surface area (TPSA) is 92.1 Å². The summed E-state index contributed by atoms with van der Waals surface area (Å²) >= 11 is 0. The molecule has 9 nitrogen and oxygen atoms in total. The molecule has 2 atom stereocenters. The number of aromatic nitrogens is 5. The quantitative estimate of drug-likeness (QED) is 0.625. The van der Waals surface area contributed by atoms with Crippen LogP contribution in [-0.4, -0.2) is 50.8 Å². The number of carbonyl (C=O) groups excluding carboxylic acids is 1. The summed E-state index contributed by atoms with van der Waals surface area (Å²) in [5.74, 6) is 3.96. The van der Waals surface area contributed by atoms with Gasteiger partial charge in [-0.3, -0.25) is 9.69 Å². The molecule has 2 unspecified atom stereocenters. The van der Waals surface area contributed by atoms with Gasteiger partial charge in [0.1, 0.15) is 23.2 Å². The molecule has 3 aliphatic rings. The molecule has 2 aliphatic heterocycles. The van der Waals surface area contributed by atoms with E-state index in [9.17, 15) is 4.79 Å². The summed E-state index contributed by atoms with van der Waals surface area (Å²) in [6.45, 7) is 5.29. The molecule has 5 heterocycles. The molecule has 9 heteroatoms. The van der Waals surface area contributed by atoms with Crippen molar-refractivity contribution in [2.75, 3.05) is 23.9 Å². The Kier molecular flexibility index (Phi) is 4.52. The lowest BCUT2D eigenvalue weighted by atomic mass is 10.1. The Morgan fingerprint density at radius 3 is 2.88 bits per heavy atom. The monoisotopic (exact) mass is 444 g/mol. The third kappa shape index (κ3) is 3.13. The van der Waals surface area contributed by atoms with Gasteiger partial charge in [0.05, 0.1) is 17.8 Å². The van der Waals surface area contributed by atoms with Crippen LogP contribution in [0.5, 0.6) is 0 Å². The van der Waals surface area contributed by atoms with E-state index in [1.165, 1.54) is 6.42 Å². The van der Waals surface area contributed by atoms with Crippen LogP contribution >= 0.6 is 0 Å². The van der Waals surface area contributed by atoms with Crippen LogP contribution in [0.15, 0.2) is 24.3 Å². The predicted octanol–water partition coefficient (Wildman–Crippen LogP) is 2.58. The van der Waals surface area contributed by atoms with Crippen LogP contribution in [-0.2, 0) is 19.5 Å². The molecule has 6 rings (SSSR count). The molecule has 3 aromatic heterocycles. The van der Waals surface area contributed by atoms with E-state index in [2.05, 4.69) is 38.8 Å². The van der Waals surface area contributed by atoms with Gasteiger partial charge in [-0.15, -0.1) is 10.2 Å². The van der Waals surface area contributed by atoms with E-state index in [1.807, 2.05) is 38.4 Å². The van der Waals surface area contributed by atoms with E-state index in [1.54, 1.807) is 4.90 Å². The first kappa shape index (κ1) is 20.3. The smallest absolute Gasteiger partial charge is 0.260 e. The van der Waals surface area contributed by atoms with Crippen molar-refractivity contribution >= 4 is 17.5 Å². The average molecular weight is 445 g/mol. The molecule has 3 aromatic rings. The van der Waals surface area contributed by atoms with Crippen LogP contribution in [0.25, 0.3) is 11.5 Å². The lowest BCUT2D eigenvalue weighted by molar-refractivity contribution is 0.0996. The number of hydrogen-bond acceptors (Lipinski definition) is 7. The molecule has 1 amide bonds. The van der Waals surface area contributed by atoms with Crippen molar-refractivity contribution in [1.82, 2.24) is 30.0 Å². The molecule has 0 radical (unpaired) electrons. The van der Waals surface area contributed by atoms with Crippen molar-refractivity contribution in [2.24, 2.45) is 5.92 Å². The number of carbonyl (C=O) groups is 1. The summed E-state index contributed by atoms with van der Waals surface area (Å²) in [7, 11) is 3.90. The summed E-state index contributed by atoms with van der Waals surface area (Å²) < 4.78 is 2.24. The predicted molar refractivity (Wildman–Crippen MR) is 125 cm³/mol. The van der Waals surface area contributed by atoms with Crippen molar-refractivity contribution < 1.29 is 4.79 Å². The first-order chi connectivity index (χ1) is 16.0. The molecular formula is C24H28N8O. The van der Waals surface area contributed by atoms with E-state index in [4.69, 9.17) is 9.97 Å². The summed E-state index contributed by atoms with van der Waals surface area (Å²) in [5.41, 5.74) is 3.33. The number of nitrogens with one attached hydrogen (secondary N) is 1. The highest BCUT2D eigenvalue weighted by molar-refractivity contribution is 6.10. The highest BCUT2D eigenvalue weighted by Gasteiger charge is 2.48. The SMILES string of the molecule is CNCc1nc(N(C)C(C)C)cc2c1CN(c1cccc(-c3nnc4n3C3CC3C4)n1)C2=O. The van der Waals surface area contributed by atoms with Gasteiger partial charge in [-0.2, -0.15) is 0 Å². The minimum Gasteiger partial charge on any atom is -0.357 e. The van der Waals surface area contributed by atoms with Crippen molar-refractivity contribution in [3.8, 4) is 11.5 Å². The van der Waals surface area contributed by atoms with Gasteiger partial charge in [0.2, 0.25) is 0 Å². The maximum atomic E-state index is 13.5. The number of anilines is 2. The maximum absolute atomic E-state index is 13.5. The zero-order chi connectivity index (χ0) is 22.9. The van der Waals surface area contributed by atoms with Crippen LogP contribution in [0.4, 0.5) is 11.6 Å². The Bertz CT molecular complexity index is 1270. The van der Waals surface area contributed by atoms with Crippen LogP contribution in [0.2, 0.25) is 0 Å². The molecule has 1 aliphatic carbocycles. The number of amides is 1. The van der Waals surface area contributed by atoms with Crippen molar-refractivity contribution in [2.45, 2.75) is 51.9 Å². The number of rotatable bonds is 6. The van der Waals surface area contributed by atoms with E-state index in [0.29, 0.717) is 36.4 Å². The Labute approximate surface area is 192 Å². The van der Waals surface area contributed by atoms with E-state index >= 15 is 0 Å². The minimum absolute atomic E-state index is 0.0402. The van der Waals surface area contributed by atoms with Gasteiger partial charge in [0.15, 0.2) is 5.82 Å². The van der Waals surface area contributed by atoms with Gasteiger partial charge in [0, 0.05) is 37.7 Å². The third-order valence-electron chi connectivity index (χ3n) is 7.14. The second kappa shape index (κ2) is 7.34. The standard InChI is InChI=1S/C24H28N8O/c1-13(2)30(4)21-10-15-16(18(27-21)11-25-3)12-31(24(15)33)20-7-5-6-17(26-20)23-29-28-22-9-14-8-19(14)32(22)23/h5-7,10,13-14,19,25H,8-9,11-12H2,1-4H3. The summed E-state index contributed by atoms with van der Waals surface area (Å²) in [6.07, 6.45) is 2.21. The first-order valence-electron chi connectivity index (χ1n) is 11.6. The van der Waals surface area contributed by atoms with E-state index in [-0.39, 0.29) is 11.9 Å². The third-order valence-corrected chi connectivity index (χ3v) is 7.14. The molecule has 170 valence electrons. The zero-order valence-electron chi connectivity index (χ0n) is 19.4. The first-order valence-corrected chi connectivity index (χ1v) is 11.6. The normalized spacial score (nSPS) is 20.3. The van der Waals surface area contributed by atoms with Crippen LogP contribution in [0.1, 0.15) is 53.7 Å². The van der Waals surface area contributed by atoms with E-state index in [0.717, 1.165) is 40.8 Å². The van der Waals surface area contributed by atoms with Crippen LogP contribution in [0, 0.1) is 5.92 Å². The van der Waals surface area contributed by atoms with Gasteiger partial charge in [0.25, 0.3) is 5.91 Å². The van der Waals surface area contributed by atoms with Gasteiger partial charge in [-0.25, -0.2) is 9.97 Å². The molecule has 0 saturated heterocycles. The van der Waals surface area contributed by atoms with Crippen molar-refractivity contribution in [3.63, 3.8) is 0 Å². The fourth-order valence-corrected chi connectivity index (χ4v) is 4.98. The summed E-state index contributed by atoms with van der Waals surface area (Å²) in [4.78, 5) is 27.1. The van der Waals surface area contributed by atoms with Gasteiger partial charge in [-0.1, -0.05) is 6.07 Å². The largest absolute Gasteiger partial charge is 0.357 e. The highest BCUT2D eigenvalue weighted by atomic mass is 16.2. The minimum atomic E-state index is -0.0402. The van der Waals surface area contributed by atoms with Crippen molar-refractivity contribution in [1.29, 1.82) is 0 Å². The molecule has 0 aromatic carbocycles. The fourth-order valence-electron chi connectivity index (χ4n) is 4.98. The van der Waals surface area contributed by atoms with E-state index < -0.39 is 0 Å². The Morgan fingerprint density at radius 1 is 1.24 bits per heavy atom. The molecule has 1 saturated carbocycles. The van der Waals surface area contributed by atoms with Crippen molar-refractivity contribution in [3.05, 3.63) is 46.9 Å². The fraction of sp³-hybridized carbons (Fsp3) is 0.458. The Morgan fingerprint density at radius 2 is 2.09 bits per heavy atom. The van der Waals surface area contributed by atoms with Gasteiger partial charge >= 0.3 is 0 Å². The maximum Gasteiger partial charge on any atom is 0.260 e. The number of nitrogens with zero attached hydrogens (tertiary/aromatic N) is 7. The number of pyridine rings is 2. The highest BCUT2D eigenvalue weighted by Crippen LogP contribution is 2.52. The van der Waals surface area contributed by atoms with Gasteiger partial charge in [-0.05, 0) is 51.4 Å². The molecule has 1 fully saturated rings. The van der Waals surface area contributed by atoms with Crippen LogP contribution in [0.3, 0.4) is 0 Å². The van der Waals surface area contributed by atoms with Crippen LogP contribution < -0.4 is 15.1 Å².